The monoisotopic (exact) mass is 326 g/mol. The van der Waals surface area contributed by atoms with Crippen molar-refractivity contribution in [2.75, 3.05) is 13.1 Å². The van der Waals surface area contributed by atoms with E-state index in [1.165, 1.54) is 24.1 Å². The quantitative estimate of drug-likeness (QED) is 0.728. The van der Waals surface area contributed by atoms with Gasteiger partial charge >= 0.3 is 0 Å². The molecule has 23 heavy (non-hydrogen) atoms. The van der Waals surface area contributed by atoms with Gasteiger partial charge in [0.15, 0.2) is 5.11 Å². The standard InChI is InChI=1S/C19H23N3S/c23-19(20-13-16-7-3-1-4-8-16)21-18-11-12-22(15-18)14-17-9-5-2-6-10-17/h1-10,18H,11-15H2,(H2,20,21,23)/p+1/t18-/m1/s1. The first-order valence-corrected chi connectivity index (χ1v) is 8.66. The Hall–Kier alpha value is -1.91. The molecule has 0 amide bonds. The van der Waals surface area contributed by atoms with Crippen LogP contribution >= 0.6 is 12.2 Å². The van der Waals surface area contributed by atoms with Crippen molar-refractivity contribution in [3.8, 4) is 0 Å². The van der Waals surface area contributed by atoms with Gasteiger partial charge in [-0.1, -0.05) is 60.7 Å². The van der Waals surface area contributed by atoms with Gasteiger partial charge in [0.25, 0.3) is 0 Å². The molecule has 2 aromatic carbocycles. The number of hydrogen-bond donors (Lipinski definition) is 3. The van der Waals surface area contributed by atoms with Gasteiger partial charge in [-0.25, -0.2) is 0 Å². The molecule has 1 saturated heterocycles. The van der Waals surface area contributed by atoms with E-state index in [1.54, 1.807) is 4.90 Å². The highest BCUT2D eigenvalue weighted by Gasteiger charge is 2.26. The Balaban J connectivity index is 1.40. The van der Waals surface area contributed by atoms with E-state index >= 15 is 0 Å². The number of likely N-dealkylation sites (tertiary alicyclic amines) is 1. The molecule has 1 unspecified atom stereocenters. The Labute approximate surface area is 143 Å². The van der Waals surface area contributed by atoms with Crippen LogP contribution in [-0.4, -0.2) is 24.2 Å². The number of nitrogens with one attached hydrogen (secondary N) is 3. The van der Waals surface area contributed by atoms with E-state index in [2.05, 4.69) is 65.2 Å². The van der Waals surface area contributed by atoms with E-state index in [9.17, 15) is 0 Å². The smallest absolute Gasteiger partial charge is 0.166 e. The topological polar surface area (TPSA) is 28.5 Å². The summed E-state index contributed by atoms with van der Waals surface area (Å²) >= 11 is 5.43. The van der Waals surface area contributed by atoms with Crippen molar-refractivity contribution < 1.29 is 4.90 Å². The molecule has 0 aromatic heterocycles. The second kappa shape index (κ2) is 8.09. The summed E-state index contributed by atoms with van der Waals surface area (Å²) in [4.78, 5) is 1.62. The average molecular weight is 326 g/mol. The van der Waals surface area contributed by atoms with Crippen LogP contribution in [-0.2, 0) is 13.1 Å². The van der Waals surface area contributed by atoms with E-state index in [0.29, 0.717) is 6.04 Å². The third kappa shape index (κ3) is 5.05. The molecule has 1 heterocycles. The lowest BCUT2D eigenvalue weighted by Crippen LogP contribution is -3.09. The fourth-order valence-corrected chi connectivity index (χ4v) is 3.35. The zero-order valence-corrected chi connectivity index (χ0v) is 14.1. The molecule has 1 aliphatic heterocycles. The fourth-order valence-electron chi connectivity index (χ4n) is 3.11. The van der Waals surface area contributed by atoms with Crippen molar-refractivity contribution in [1.29, 1.82) is 0 Å². The number of hydrogen-bond acceptors (Lipinski definition) is 1. The highest BCUT2D eigenvalue weighted by atomic mass is 32.1. The normalized spacial score (nSPS) is 20.2. The van der Waals surface area contributed by atoms with Crippen molar-refractivity contribution in [3.63, 3.8) is 0 Å². The van der Waals surface area contributed by atoms with E-state index in [0.717, 1.165) is 24.7 Å². The third-order valence-corrected chi connectivity index (χ3v) is 4.57. The minimum Gasteiger partial charge on any atom is -0.359 e. The second-order valence-corrected chi connectivity index (χ2v) is 6.57. The Morgan fingerprint density at radius 3 is 2.35 bits per heavy atom. The first-order chi connectivity index (χ1) is 11.3. The molecule has 0 spiro atoms. The summed E-state index contributed by atoms with van der Waals surface area (Å²) in [6, 6.07) is 21.5. The molecule has 3 N–H and O–H groups in total. The van der Waals surface area contributed by atoms with Gasteiger partial charge in [0.05, 0.1) is 19.1 Å². The molecule has 2 aromatic rings. The zero-order valence-electron chi connectivity index (χ0n) is 13.3. The van der Waals surface area contributed by atoms with Crippen molar-refractivity contribution in [2.24, 2.45) is 0 Å². The number of rotatable bonds is 5. The maximum Gasteiger partial charge on any atom is 0.166 e. The third-order valence-electron chi connectivity index (χ3n) is 4.31. The van der Waals surface area contributed by atoms with Crippen LogP contribution in [0, 0.1) is 0 Å². The maximum atomic E-state index is 5.43. The molecular formula is C19H24N3S+. The first-order valence-electron chi connectivity index (χ1n) is 8.25. The van der Waals surface area contributed by atoms with E-state index in [-0.39, 0.29) is 0 Å². The van der Waals surface area contributed by atoms with Crippen LogP contribution in [0.5, 0.6) is 0 Å². The van der Waals surface area contributed by atoms with Gasteiger partial charge in [0.1, 0.15) is 6.54 Å². The fraction of sp³-hybridized carbons (Fsp3) is 0.316. The Bertz CT molecular complexity index is 615. The Morgan fingerprint density at radius 2 is 1.65 bits per heavy atom. The number of thiocarbonyl (C=S) groups is 1. The minimum absolute atomic E-state index is 0.476. The molecule has 0 aliphatic carbocycles. The lowest BCUT2D eigenvalue weighted by atomic mass is 10.2. The van der Waals surface area contributed by atoms with Crippen molar-refractivity contribution in [3.05, 3.63) is 71.8 Å². The van der Waals surface area contributed by atoms with Crippen LogP contribution in [0.4, 0.5) is 0 Å². The van der Waals surface area contributed by atoms with Crippen LogP contribution in [0.3, 0.4) is 0 Å². The van der Waals surface area contributed by atoms with Gasteiger partial charge in [-0.05, 0) is 17.8 Å². The minimum atomic E-state index is 0.476. The lowest BCUT2D eigenvalue weighted by molar-refractivity contribution is -0.901. The molecule has 0 bridgehead atoms. The second-order valence-electron chi connectivity index (χ2n) is 6.16. The average Bonchev–Trinajstić information content (AvgIpc) is 3.02. The zero-order chi connectivity index (χ0) is 15.9. The summed E-state index contributed by atoms with van der Waals surface area (Å²) in [6.45, 7) is 4.21. The molecular weight excluding hydrogens is 302 g/mol. The molecule has 3 nitrogen and oxygen atoms in total. The summed E-state index contributed by atoms with van der Waals surface area (Å²) in [5.41, 5.74) is 2.66. The summed E-state index contributed by atoms with van der Waals surface area (Å²) < 4.78 is 0. The van der Waals surface area contributed by atoms with Crippen LogP contribution in [0.2, 0.25) is 0 Å². The summed E-state index contributed by atoms with van der Waals surface area (Å²) in [5.74, 6) is 0. The summed E-state index contributed by atoms with van der Waals surface area (Å²) in [6.07, 6.45) is 1.18. The number of benzene rings is 2. The molecule has 3 rings (SSSR count). The van der Waals surface area contributed by atoms with Gasteiger partial charge in [0.2, 0.25) is 0 Å². The Kier molecular flexibility index (Phi) is 5.61. The molecule has 4 heteroatoms. The van der Waals surface area contributed by atoms with Crippen LogP contribution in [0.1, 0.15) is 17.5 Å². The van der Waals surface area contributed by atoms with E-state index in [1.807, 2.05) is 6.07 Å². The van der Waals surface area contributed by atoms with Gasteiger partial charge in [0, 0.05) is 18.5 Å². The van der Waals surface area contributed by atoms with Crippen molar-refractivity contribution in [2.45, 2.75) is 25.6 Å². The van der Waals surface area contributed by atoms with Crippen LogP contribution in [0.15, 0.2) is 60.7 Å². The lowest BCUT2D eigenvalue weighted by Gasteiger charge is -2.16. The van der Waals surface area contributed by atoms with E-state index in [4.69, 9.17) is 12.2 Å². The Morgan fingerprint density at radius 1 is 1.00 bits per heavy atom. The molecule has 120 valence electrons. The maximum absolute atomic E-state index is 5.43. The largest absolute Gasteiger partial charge is 0.359 e. The predicted molar refractivity (Wildman–Crippen MR) is 98.3 cm³/mol. The van der Waals surface area contributed by atoms with Gasteiger partial charge < -0.3 is 15.5 Å². The van der Waals surface area contributed by atoms with E-state index < -0.39 is 0 Å². The predicted octanol–water partition coefficient (Wildman–Crippen LogP) is 1.51. The molecule has 2 atom stereocenters. The highest BCUT2D eigenvalue weighted by molar-refractivity contribution is 7.80. The highest BCUT2D eigenvalue weighted by Crippen LogP contribution is 2.00. The molecule has 1 fully saturated rings. The number of quaternary nitrogens is 1. The summed E-state index contributed by atoms with van der Waals surface area (Å²) in [5, 5.41) is 7.53. The SMILES string of the molecule is S=C(NCc1ccccc1)N[C@@H]1CC[NH+](Cc2ccccc2)C1. The van der Waals surface area contributed by atoms with Crippen molar-refractivity contribution in [1.82, 2.24) is 10.6 Å². The summed E-state index contributed by atoms with van der Waals surface area (Å²) in [7, 11) is 0. The van der Waals surface area contributed by atoms with Gasteiger partial charge in [-0.3, -0.25) is 0 Å². The van der Waals surface area contributed by atoms with Crippen LogP contribution in [0.25, 0.3) is 0 Å². The first kappa shape index (κ1) is 16.0. The van der Waals surface area contributed by atoms with Gasteiger partial charge in [-0.15, -0.1) is 0 Å². The molecule has 1 aliphatic rings. The van der Waals surface area contributed by atoms with Gasteiger partial charge in [-0.2, -0.15) is 0 Å². The van der Waals surface area contributed by atoms with Crippen LogP contribution < -0.4 is 15.5 Å². The molecule has 0 radical (unpaired) electrons. The molecule has 0 saturated carbocycles. The van der Waals surface area contributed by atoms with Crippen molar-refractivity contribution >= 4 is 17.3 Å².